The van der Waals surface area contributed by atoms with E-state index in [-0.39, 0.29) is 11.4 Å². The van der Waals surface area contributed by atoms with E-state index in [0.717, 1.165) is 17.3 Å². The fraction of sp³-hybridized carbons (Fsp3) is 0.462. The van der Waals surface area contributed by atoms with Gasteiger partial charge in [0.05, 0.1) is 10.6 Å². The molecule has 1 rings (SSSR count). The maximum Gasteiger partial charge on any atom is 0.253 e. The van der Waals surface area contributed by atoms with Crippen molar-refractivity contribution in [2.75, 3.05) is 0 Å². The van der Waals surface area contributed by atoms with Crippen molar-refractivity contribution in [3.63, 3.8) is 0 Å². The molecule has 0 aromatic heterocycles. The summed E-state index contributed by atoms with van der Waals surface area (Å²) < 4.78 is 0.849. The molecule has 0 atom stereocenters. The molecule has 0 aliphatic rings. The SMILES string of the molecule is CCC(C)(CC)NC(=O)c1cc(Br)ccc1Cl. The van der Waals surface area contributed by atoms with E-state index in [4.69, 9.17) is 11.6 Å². The van der Waals surface area contributed by atoms with Gasteiger partial charge >= 0.3 is 0 Å². The first kappa shape index (κ1) is 14.5. The number of amides is 1. The lowest BCUT2D eigenvalue weighted by atomic mass is 9.95. The third-order valence-corrected chi connectivity index (χ3v) is 3.97. The molecule has 4 heteroatoms. The molecule has 1 N–H and O–H groups in total. The van der Waals surface area contributed by atoms with Crippen LogP contribution >= 0.6 is 27.5 Å². The van der Waals surface area contributed by atoms with Gasteiger partial charge in [-0.3, -0.25) is 4.79 Å². The topological polar surface area (TPSA) is 29.1 Å². The zero-order valence-electron chi connectivity index (χ0n) is 10.3. The average Bonchev–Trinajstić information content (AvgIpc) is 2.32. The van der Waals surface area contributed by atoms with Crippen molar-refractivity contribution in [1.82, 2.24) is 5.32 Å². The Morgan fingerprint density at radius 3 is 2.53 bits per heavy atom. The monoisotopic (exact) mass is 317 g/mol. The van der Waals surface area contributed by atoms with Crippen LogP contribution in [0.3, 0.4) is 0 Å². The second kappa shape index (κ2) is 5.87. The molecule has 1 aromatic carbocycles. The first-order chi connectivity index (χ1) is 7.91. The summed E-state index contributed by atoms with van der Waals surface area (Å²) in [6, 6.07) is 5.27. The molecule has 0 saturated carbocycles. The Bertz CT molecular complexity index is 416. The van der Waals surface area contributed by atoms with E-state index >= 15 is 0 Å². The number of hydrogen-bond acceptors (Lipinski definition) is 1. The first-order valence-corrected chi connectivity index (χ1v) is 6.86. The fourth-order valence-electron chi connectivity index (χ4n) is 1.44. The van der Waals surface area contributed by atoms with Crippen LogP contribution in [0.25, 0.3) is 0 Å². The van der Waals surface area contributed by atoms with Crippen LogP contribution in [0.2, 0.25) is 5.02 Å². The highest BCUT2D eigenvalue weighted by molar-refractivity contribution is 9.10. The Morgan fingerprint density at radius 2 is 2.00 bits per heavy atom. The highest BCUT2D eigenvalue weighted by Gasteiger charge is 2.23. The summed E-state index contributed by atoms with van der Waals surface area (Å²) in [5, 5.41) is 3.51. The van der Waals surface area contributed by atoms with Crippen LogP contribution in [0.5, 0.6) is 0 Å². The van der Waals surface area contributed by atoms with Crippen molar-refractivity contribution in [2.24, 2.45) is 0 Å². The molecule has 0 aliphatic carbocycles. The third kappa shape index (κ3) is 3.71. The number of carbonyl (C=O) groups is 1. The predicted octanol–water partition coefficient (Wildman–Crippen LogP) is 4.41. The van der Waals surface area contributed by atoms with Gasteiger partial charge in [0.2, 0.25) is 0 Å². The molecule has 0 spiro atoms. The molecular weight excluding hydrogens is 302 g/mol. The normalized spacial score (nSPS) is 11.4. The van der Waals surface area contributed by atoms with Gasteiger partial charge in [0, 0.05) is 10.0 Å². The smallest absolute Gasteiger partial charge is 0.253 e. The minimum Gasteiger partial charge on any atom is -0.347 e. The Balaban J connectivity index is 2.94. The van der Waals surface area contributed by atoms with Crippen molar-refractivity contribution in [1.29, 1.82) is 0 Å². The lowest BCUT2D eigenvalue weighted by molar-refractivity contribution is 0.0901. The molecule has 1 aromatic rings. The van der Waals surface area contributed by atoms with Crippen molar-refractivity contribution in [2.45, 2.75) is 39.2 Å². The van der Waals surface area contributed by atoms with Gasteiger partial charge in [0.1, 0.15) is 0 Å². The Hall–Kier alpha value is -0.540. The molecule has 0 fully saturated rings. The van der Waals surface area contributed by atoms with Crippen LogP contribution in [0.1, 0.15) is 44.0 Å². The highest BCUT2D eigenvalue weighted by atomic mass is 79.9. The zero-order chi connectivity index (χ0) is 13.1. The van der Waals surface area contributed by atoms with Crippen LogP contribution < -0.4 is 5.32 Å². The van der Waals surface area contributed by atoms with E-state index < -0.39 is 0 Å². The van der Waals surface area contributed by atoms with Crippen molar-refractivity contribution in [3.8, 4) is 0 Å². The summed E-state index contributed by atoms with van der Waals surface area (Å²) in [6.45, 7) is 6.16. The van der Waals surface area contributed by atoms with Gasteiger partial charge in [-0.25, -0.2) is 0 Å². The molecule has 94 valence electrons. The largest absolute Gasteiger partial charge is 0.347 e. The molecule has 0 aliphatic heterocycles. The van der Waals surface area contributed by atoms with Crippen LogP contribution in [0, 0.1) is 0 Å². The minimum absolute atomic E-state index is 0.123. The van der Waals surface area contributed by atoms with Gasteiger partial charge in [0.15, 0.2) is 0 Å². The van der Waals surface area contributed by atoms with Crippen LogP contribution in [-0.4, -0.2) is 11.4 Å². The van der Waals surface area contributed by atoms with Gasteiger partial charge in [-0.15, -0.1) is 0 Å². The zero-order valence-corrected chi connectivity index (χ0v) is 12.7. The maximum atomic E-state index is 12.1. The van der Waals surface area contributed by atoms with Gasteiger partial charge in [-0.2, -0.15) is 0 Å². The van der Waals surface area contributed by atoms with E-state index in [1.807, 2.05) is 13.0 Å². The van der Waals surface area contributed by atoms with Crippen LogP contribution in [0.4, 0.5) is 0 Å². The number of benzene rings is 1. The molecule has 0 heterocycles. The molecule has 1 amide bonds. The molecule has 17 heavy (non-hydrogen) atoms. The fourth-order valence-corrected chi connectivity index (χ4v) is 2.00. The Morgan fingerprint density at radius 1 is 1.41 bits per heavy atom. The summed E-state index contributed by atoms with van der Waals surface area (Å²) in [6.07, 6.45) is 1.78. The van der Waals surface area contributed by atoms with E-state index in [1.165, 1.54) is 0 Å². The standard InChI is InChI=1S/C13H17BrClNO/c1-4-13(3,5-2)16-12(17)10-8-9(14)6-7-11(10)15/h6-8H,4-5H2,1-3H3,(H,16,17). The Labute approximate surface area is 116 Å². The summed E-state index contributed by atoms with van der Waals surface area (Å²) >= 11 is 9.36. The minimum atomic E-state index is -0.178. The van der Waals surface area contributed by atoms with E-state index in [1.54, 1.807) is 12.1 Å². The second-order valence-electron chi connectivity index (χ2n) is 4.35. The van der Waals surface area contributed by atoms with Crippen molar-refractivity contribution < 1.29 is 4.79 Å². The first-order valence-electron chi connectivity index (χ1n) is 5.69. The summed E-state index contributed by atoms with van der Waals surface area (Å²) in [7, 11) is 0. The van der Waals surface area contributed by atoms with Gasteiger partial charge in [-0.1, -0.05) is 41.4 Å². The molecule has 2 nitrogen and oxygen atoms in total. The Kier molecular flexibility index (Phi) is 5.02. The molecule has 0 unspecified atom stereocenters. The van der Waals surface area contributed by atoms with E-state index in [2.05, 4.69) is 35.1 Å². The number of carbonyl (C=O) groups excluding carboxylic acids is 1. The molecule has 0 saturated heterocycles. The molecule has 0 radical (unpaired) electrons. The summed E-state index contributed by atoms with van der Waals surface area (Å²) in [4.78, 5) is 12.1. The van der Waals surface area contributed by atoms with Crippen molar-refractivity contribution in [3.05, 3.63) is 33.3 Å². The van der Waals surface area contributed by atoms with E-state index in [0.29, 0.717) is 10.6 Å². The van der Waals surface area contributed by atoms with Crippen LogP contribution in [-0.2, 0) is 0 Å². The maximum absolute atomic E-state index is 12.1. The van der Waals surface area contributed by atoms with Crippen LogP contribution in [0.15, 0.2) is 22.7 Å². The number of hydrogen-bond donors (Lipinski definition) is 1. The number of rotatable bonds is 4. The predicted molar refractivity (Wildman–Crippen MR) is 75.6 cm³/mol. The third-order valence-electron chi connectivity index (χ3n) is 3.15. The second-order valence-corrected chi connectivity index (χ2v) is 5.67. The van der Waals surface area contributed by atoms with Gasteiger partial charge in [0.25, 0.3) is 5.91 Å². The lowest BCUT2D eigenvalue weighted by Crippen LogP contribution is -2.45. The van der Waals surface area contributed by atoms with E-state index in [9.17, 15) is 4.79 Å². The quantitative estimate of drug-likeness (QED) is 0.875. The summed E-state index contributed by atoms with van der Waals surface area (Å²) in [5.41, 5.74) is 0.331. The molecular formula is C13H17BrClNO. The number of nitrogens with one attached hydrogen (secondary N) is 1. The number of halogens is 2. The lowest BCUT2D eigenvalue weighted by Gasteiger charge is -2.28. The molecule has 0 bridgehead atoms. The van der Waals surface area contributed by atoms with Gasteiger partial charge in [-0.05, 0) is 38.0 Å². The highest BCUT2D eigenvalue weighted by Crippen LogP contribution is 2.22. The van der Waals surface area contributed by atoms with Gasteiger partial charge < -0.3 is 5.32 Å². The van der Waals surface area contributed by atoms with Crippen molar-refractivity contribution >= 4 is 33.4 Å². The average molecular weight is 319 g/mol. The summed E-state index contributed by atoms with van der Waals surface area (Å²) in [5.74, 6) is -0.123.